The van der Waals surface area contributed by atoms with Crippen LogP contribution in [0.3, 0.4) is 0 Å². The molecule has 0 spiro atoms. The Morgan fingerprint density at radius 1 is 1.29 bits per heavy atom. The molecule has 0 fully saturated rings. The number of rotatable bonds is 9. The molecule has 1 aromatic rings. The summed E-state index contributed by atoms with van der Waals surface area (Å²) >= 11 is 0. The van der Waals surface area contributed by atoms with Crippen LogP contribution in [-0.4, -0.2) is 37.8 Å². The lowest BCUT2D eigenvalue weighted by Crippen LogP contribution is -2.38. The molecular weight excluding hydrogens is 417 g/mol. The van der Waals surface area contributed by atoms with Crippen molar-refractivity contribution in [3.05, 3.63) is 29.8 Å². The van der Waals surface area contributed by atoms with Gasteiger partial charge in [0.25, 0.3) is 0 Å². The van der Waals surface area contributed by atoms with Crippen LogP contribution < -0.4 is 15.4 Å². The van der Waals surface area contributed by atoms with Crippen molar-refractivity contribution in [2.75, 3.05) is 26.7 Å². The van der Waals surface area contributed by atoms with Gasteiger partial charge < -0.3 is 20.5 Å². The maximum atomic E-state index is 10.3. The molecule has 138 valence electrons. The maximum absolute atomic E-state index is 10.3. The van der Waals surface area contributed by atoms with Gasteiger partial charge in [0.15, 0.2) is 5.96 Å². The fraction of sp³-hybridized carbons (Fsp3) is 0.611. The quantitative estimate of drug-likeness (QED) is 0.234. The van der Waals surface area contributed by atoms with Crippen LogP contribution in [0, 0.1) is 5.92 Å². The molecule has 1 unspecified atom stereocenters. The van der Waals surface area contributed by atoms with Gasteiger partial charge in [-0.25, -0.2) is 0 Å². The van der Waals surface area contributed by atoms with E-state index in [4.69, 9.17) is 4.74 Å². The molecule has 1 atom stereocenters. The molecule has 6 heteroatoms. The normalized spacial score (nSPS) is 12.5. The fourth-order valence-corrected chi connectivity index (χ4v) is 2.19. The van der Waals surface area contributed by atoms with Crippen LogP contribution in [-0.2, 0) is 0 Å². The van der Waals surface area contributed by atoms with Crippen LogP contribution in [0.1, 0.15) is 45.3 Å². The summed E-state index contributed by atoms with van der Waals surface area (Å²) in [6, 6.07) is 7.45. The molecular formula is C18H32IN3O2. The summed E-state index contributed by atoms with van der Waals surface area (Å²) in [5, 5.41) is 16.8. The molecule has 0 saturated carbocycles. The van der Waals surface area contributed by atoms with Gasteiger partial charge in [-0.2, -0.15) is 0 Å². The highest BCUT2D eigenvalue weighted by Crippen LogP contribution is 2.19. The van der Waals surface area contributed by atoms with Crippen LogP contribution >= 0.6 is 24.0 Å². The Hall–Kier alpha value is -1.02. The number of halogens is 1. The number of aliphatic imine (C=N–C) groups is 1. The lowest BCUT2D eigenvalue weighted by atomic mass is 10.1. The number of benzene rings is 1. The summed E-state index contributed by atoms with van der Waals surface area (Å²) in [4.78, 5) is 4.47. The van der Waals surface area contributed by atoms with Gasteiger partial charge in [-0.05, 0) is 43.4 Å². The second-order valence-corrected chi connectivity index (χ2v) is 5.97. The zero-order valence-corrected chi connectivity index (χ0v) is 17.5. The van der Waals surface area contributed by atoms with Crippen molar-refractivity contribution in [3.63, 3.8) is 0 Å². The highest BCUT2D eigenvalue weighted by molar-refractivity contribution is 14.0. The third kappa shape index (κ3) is 9.32. The van der Waals surface area contributed by atoms with Crippen molar-refractivity contribution in [2.24, 2.45) is 10.9 Å². The van der Waals surface area contributed by atoms with E-state index in [0.29, 0.717) is 12.5 Å². The van der Waals surface area contributed by atoms with Gasteiger partial charge in [0.1, 0.15) is 5.75 Å². The van der Waals surface area contributed by atoms with Crippen LogP contribution in [0.25, 0.3) is 0 Å². The van der Waals surface area contributed by atoms with Gasteiger partial charge in [0, 0.05) is 13.1 Å². The van der Waals surface area contributed by atoms with Crippen molar-refractivity contribution in [1.29, 1.82) is 0 Å². The smallest absolute Gasteiger partial charge is 0.191 e. The first kappa shape index (κ1) is 23.0. The Bertz CT molecular complexity index is 481. The number of aliphatic hydroxyl groups excluding tert-OH is 1. The predicted octanol–water partition coefficient (Wildman–Crippen LogP) is 3.34. The number of aliphatic hydroxyl groups is 1. The standard InChI is InChI=1S/C18H31N3O2.HI/c1-5-19-18(20-11-7-8-14(2)3)21-13-17(22)15-9-6-10-16(12-15)23-4;/h6,9-10,12,14,17,22H,5,7-8,11,13H2,1-4H3,(H2,19,20,21);1H. The second-order valence-electron chi connectivity index (χ2n) is 5.97. The van der Waals surface area contributed by atoms with Crippen LogP contribution in [0.15, 0.2) is 29.3 Å². The first-order chi connectivity index (χ1) is 11.1. The summed E-state index contributed by atoms with van der Waals surface area (Å²) in [5.74, 6) is 2.20. The molecule has 3 N–H and O–H groups in total. The first-order valence-electron chi connectivity index (χ1n) is 8.41. The van der Waals surface area contributed by atoms with Crippen LogP contribution in [0.4, 0.5) is 0 Å². The fourth-order valence-electron chi connectivity index (χ4n) is 2.19. The van der Waals surface area contributed by atoms with Gasteiger partial charge in [-0.1, -0.05) is 26.0 Å². The molecule has 0 aliphatic heterocycles. The van der Waals surface area contributed by atoms with Crippen LogP contribution in [0.5, 0.6) is 5.75 Å². The van der Waals surface area contributed by atoms with Crippen molar-refractivity contribution in [2.45, 2.75) is 39.7 Å². The minimum Gasteiger partial charge on any atom is -0.497 e. The average Bonchev–Trinajstić information content (AvgIpc) is 2.55. The summed E-state index contributed by atoms with van der Waals surface area (Å²) < 4.78 is 5.18. The van der Waals surface area contributed by atoms with E-state index in [2.05, 4.69) is 29.5 Å². The van der Waals surface area contributed by atoms with Crippen molar-refractivity contribution >= 4 is 29.9 Å². The second kappa shape index (κ2) is 13.3. The Labute approximate surface area is 163 Å². The lowest BCUT2D eigenvalue weighted by molar-refractivity contribution is 0.186. The number of ether oxygens (including phenoxy) is 1. The molecule has 0 radical (unpaired) electrons. The first-order valence-corrected chi connectivity index (χ1v) is 8.41. The van der Waals surface area contributed by atoms with E-state index in [1.165, 1.54) is 6.42 Å². The van der Waals surface area contributed by atoms with Gasteiger partial charge >= 0.3 is 0 Å². The molecule has 24 heavy (non-hydrogen) atoms. The summed E-state index contributed by atoms with van der Waals surface area (Å²) in [6.07, 6.45) is 1.66. The largest absolute Gasteiger partial charge is 0.497 e. The van der Waals surface area contributed by atoms with Crippen molar-refractivity contribution in [1.82, 2.24) is 10.6 Å². The van der Waals surface area contributed by atoms with E-state index in [1.807, 2.05) is 31.2 Å². The summed E-state index contributed by atoms with van der Waals surface area (Å²) in [5.41, 5.74) is 0.809. The van der Waals surface area contributed by atoms with Crippen LogP contribution in [0.2, 0.25) is 0 Å². The Morgan fingerprint density at radius 3 is 2.67 bits per heavy atom. The zero-order valence-electron chi connectivity index (χ0n) is 15.2. The molecule has 0 saturated heterocycles. The van der Waals surface area contributed by atoms with E-state index >= 15 is 0 Å². The Balaban J connectivity index is 0.00000529. The third-order valence-electron chi connectivity index (χ3n) is 3.50. The molecule has 0 aliphatic carbocycles. The van der Waals surface area contributed by atoms with Crippen molar-refractivity contribution in [3.8, 4) is 5.75 Å². The number of methoxy groups -OCH3 is 1. The lowest BCUT2D eigenvalue weighted by Gasteiger charge is -2.14. The van der Waals surface area contributed by atoms with E-state index in [0.717, 1.165) is 36.8 Å². The highest BCUT2D eigenvalue weighted by Gasteiger charge is 2.08. The Kier molecular flexibility index (Phi) is 12.7. The topological polar surface area (TPSA) is 65.9 Å². The number of hydrogen-bond donors (Lipinski definition) is 3. The zero-order chi connectivity index (χ0) is 17.1. The van der Waals surface area contributed by atoms with E-state index in [1.54, 1.807) is 7.11 Å². The van der Waals surface area contributed by atoms with Gasteiger partial charge in [-0.3, -0.25) is 4.99 Å². The minimum absolute atomic E-state index is 0. The summed E-state index contributed by atoms with van der Waals surface area (Å²) in [6.45, 7) is 8.48. The molecule has 5 nitrogen and oxygen atoms in total. The molecule has 0 aromatic heterocycles. The van der Waals surface area contributed by atoms with Gasteiger partial charge in [0.05, 0.1) is 19.8 Å². The van der Waals surface area contributed by atoms with E-state index < -0.39 is 6.10 Å². The number of guanidine groups is 1. The monoisotopic (exact) mass is 449 g/mol. The number of hydrogen-bond acceptors (Lipinski definition) is 3. The number of nitrogens with one attached hydrogen (secondary N) is 2. The number of nitrogens with zero attached hydrogens (tertiary/aromatic N) is 1. The molecule has 1 rings (SSSR count). The molecule has 0 amide bonds. The molecule has 0 aliphatic rings. The predicted molar refractivity (Wildman–Crippen MR) is 111 cm³/mol. The molecule has 0 bridgehead atoms. The average molecular weight is 449 g/mol. The highest BCUT2D eigenvalue weighted by atomic mass is 127. The third-order valence-corrected chi connectivity index (χ3v) is 3.50. The SMILES string of the molecule is CCNC(=NCC(O)c1cccc(OC)c1)NCCCC(C)C.I. The maximum Gasteiger partial charge on any atom is 0.191 e. The Morgan fingerprint density at radius 2 is 2.04 bits per heavy atom. The van der Waals surface area contributed by atoms with E-state index in [-0.39, 0.29) is 24.0 Å². The van der Waals surface area contributed by atoms with Gasteiger partial charge in [-0.15, -0.1) is 24.0 Å². The van der Waals surface area contributed by atoms with E-state index in [9.17, 15) is 5.11 Å². The van der Waals surface area contributed by atoms with Gasteiger partial charge in [0.2, 0.25) is 0 Å². The molecule has 0 heterocycles. The summed E-state index contributed by atoms with van der Waals surface area (Å²) in [7, 11) is 1.62. The van der Waals surface area contributed by atoms with Crippen molar-refractivity contribution < 1.29 is 9.84 Å². The molecule has 1 aromatic carbocycles. The minimum atomic E-state index is -0.642.